The van der Waals surface area contributed by atoms with Crippen LogP contribution < -0.4 is 5.32 Å². The van der Waals surface area contributed by atoms with Gasteiger partial charge in [0.1, 0.15) is 6.29 Å². The lowest BCUT2D eigenvalue weighted by atomic mass is 9.97. The fourth-order valence-electron chi connectivity index (χ4n) is 2.88. The predicted molar refractivity (Wildman–Crippen MR) is 120 cm³/mol. The minimum Gasteiger partial charge on any atom is -0.326 e. The lowest BCUT2D eigenvalue weighted by Crippen LogP contribution is -2.16. The molecule has 166 valence electrons. The zero-order valence-corrected chi connectivity index (χ0v) is 17.9. The lowest BCUT2D eigenvalue weighted by molar-refractivity contribution is -0.119. The van der Waals surface area contributed by atoms with Crippen molar-refractivity contribution in [1.29, 1.82) is 0 Å². The minimum absolute atomic E-state index is 0.155. The van der Waals surface area contributed by atoms with Crippen LogP contribution in [0.25, 0.3) is 0 Å². The first kappa shape index (κ1) is 24.6. The largest absolute Gasteiger partial charge is 0.326 e. The number of carbonyl (C=O) groups excluding carboxylic acids is 3. The molecule has 6 heteroatoms. The van der Waals surface area contributed by atoms with E-state index in [9.17, 15) is 23.2 Å². The summed E-state index contributed by atoms with van der Waals surface area (Å²) in [6, 6.07) is 22.1. The van der Waals surface area contributed by atoms with Crippen molar-refractivity contribution < 1.29 is 23.2 Å². The predicted octanol–water partition coefficient (Wildman–Crippen LogP) is 5.80. The van der Waals surface area contributed by atoms with E-state index in [-0.39, 0.29) is 29.6 Å². The first-order valence-corrected chi connectivity index (χ1v) is 10.2. The molecule has 0 saturated heterocycles. The maximum Gasteiger partial charge on any atom is 0.225 e. The molecule has 0 fully saturated rings. The number of hydrogen-bond donors (Lipinski definition) is 1. The molecule has 1 amide bonds. The molecular formula is C26H25F2NO3. The summed E-state index contributed by atoms with van der Waals surface area (Å²) in [5.41, 5.74) is 1.43. The van der Waals surface area contributed by atoms with Gasteiger partial charge in [-0.3, -0.25) is 9.59 Å². The van der Waals surface area contributed by atoms with Gasteiger partial charge in [0.2, 0.25) is 5.91 Å². The number of hydrogen-bond acceptors (Lipinski definition) is 3. The summed E-state index contributed by atoms with van der Waals surface area (Å²) in [5.74, 6) is -3.29. The van der Waals surface area contributed by atoms with Crippen LogP contribution in [0.5, 0.6) is 0 Å². The number of para-hydroxylation sites is 1. The first-order valence-electron chi connectivity index (χ1n) is 10.2. The summed E-state index contributed by atoms with van der Waals surface area (Å²) in [6.07, 6.45) is 0.975. The normalized spacial score (nSPS) is 11.2. The third kappa shape index (κ3) is 7.23. The molecule has 0 radical (unpaired) electrons. The van der Waals surface area contributed by atoms with Crippen molar-refractivity contribution >= 4 is 23.7 Å². The summed E-state index contributed by atoms with van der Waals surface area (Å²) in [6.45, 7) is 3.29. The van der Waals surface area contributed by atoms with Gasteiger partial charge >= 0.3 is 0 Å². The van der Waals surface area contributed by atoms with Crippen LogP contribution in [0.3, 0.4) is 0 Å². The molecule has 0 aliphatic rings. The van der Waals surface area contributed by atoms with Crippen LogP contribution in [0.4, 0.5) is 14.5 Å². The molecule has 32 heavy (non-hydrogen) atoms. The highest BCUT2D eigenvalue weighted by molar-refractivity contribution is 5.97. The van der Waals surface area contributed by atoms with Crippen molar-refractivity contribution in [1.82, 2.24) is 0 Å². The molecule has 1 unspecified atom stereocenters. The van der Waals surface area contributed by atoms with Crippen molar-refractivity contribution in [3.05, 3.63) is 102 Å². The molecule has 0 saturated carbocycles. The minimum atomic E-state index is -1.05. The van der Waals surface area contributed by atoms with E-state index in [4.69, 9.17) is 0 Å². The highest BCUT2D eigenvalue weighted by atomic mass is 19.2. The monoisotopic (exact) mass is 437 g/mol. The summed E-state index contributed by atoms with van der Waals surface area (Å²) in [7, 11) is 0. The second-order valence-electron chi connectivity index (χ2n) is 7.39. The van der Waals surface area contributed by atoms with E-state index in [1.165, 1.54) is 12.1 Å². The fourth-order valence-corrected chi connectivity index (χ4v) is 2.88. The number of halogens is 2. The molecule has 3 aromatic carbocycles. The van der Waals surface area contributed by atoms with Crippen molar-refractivity contribution in [3.63, 3.8) is 0 Å². The maximum atomic E-state index is 13.0. The molecule has 4 nitrogen and oxygen atoms in total. The third-order valence-electron chi connectivity index (χ3n) is 4.60. The average Bonchev–Trinajstić information content (AvgIpc) is 2.80. The Morgan fingerprint density at radius 2 is 1.47 bits per heavy atom. The van der Waals surface area contributed by atoms with Crippen LogP contribution in [-0.2, 0) is 9.59 Å². The van der Waals surface area contributed by atoms with Crippen LogP contribution in [0.1, 0.15) is 42.1 Å². The van der Waals surface area contributed by atoms with Gasteiger partial charge in [0, 0.05) is 23.9 Å². The molecule has 0 spiro atoms. The van der Waals surface area contributed by atoms with E-state index >= 15 is 0 Å². The lowest BCUT2D eigenvalue weighted by Gasteiger charge is -2.10. The smallest absolute Gasteiger partial charge is 0.225 e. The quantitative estimate of drug-likeness (QED) is 0.375. The molecular weight excluding hydrogens is 412 g/mol. The van der Waals surface area contributed by atoms with E-state index in [1.807, 2.05) is 60.7 Å². The number of benzene rings is 3. The van der Waals surface area contributed by atoms with E-state index in [0.29, 0.717) is 0 Å². The van der Waals surface area contributed by atoms with Gasteiger partial charge in [0.05, 0.1) is 5.56 Å². The molecule has 0 bridgehead atoms. The number of rotatable bonds is 7. The zero-order valence-electron chi connectivity index (χ0n) is 17.9. The van der Waals surface area contributed by atoms with Gasteiger partial charge in [-0.2, -0.15) is 0 Å². The highest BCUT2D eigenvalue weighted by Crippen LogP contribution is 2.18. The third-order valence-corrected chi connectivity index (χ3v) is 4.60. The van der Waals surface area contributed by atoms with Crippen LogP contribution in [0.15, 0.2) is 78.9 Å². The number of aldehydes is 1. The van der Waals surface area contributed by atoms with Crippen LogP contribution in [0, 0.1) is 17.6 Å². The molecule has 0 heterocycles. The summed E-state index contributed by atoms with van der Waals surface area (Å²) >= 11 is 0. The fraction of sp³-hybridized carbons (Fsp3) is 0.192. The van der Waals surface area contributed by atoms with Gasteiger partial charge in [0.25, 0.3) is 0 Å². The Kier molecular flexibility index (Phi) is 9.42. The van der Waals surface area contributed by atoms with Crippen LogP contribution in [-0.4, -0.2) is 18.0 Å². The summed E-state index contributed by atoms with van der Waals surface area (Å²) < 4.78 is 25.7. The summed E-state index contributed by atoms with van der Waals surface area (Å²) in [4.78, 5) is 34.3. The van der Waals surface area contributed by atoms with E-state index in [0.717, 1.165) is 23.6 Å². The van der Waals surface area contributed by atoms with Crippen LogP contribution in [0.2, 0.25) is 0 Å². The van der Waals surface area contributed by atoms with E-state index in [1.54, 1.807) is 13.8 Å². The Balaban J connectivity index is 0.000000244. The number of amides is 1. The molecule has 0 aliphatic carbocycles. The Hall–Kier alpha value is -3.67. The molecule has 0 aliphatic heterocycles. The molecule has 1 N–H and O–H groups in total. The first-order chi connectivity index (χ1) is 15.3. The van der Waals surface area contributed by atoms with Gasteiger partial charge in [0.15, 0.2) is 17.4 Å². The van der Waals surface area contributed by atoms with E-state index in [2.05, 4.69) is 5.32 Å². The second-order valence-corrected chi connectivity index (χ2v) is 7.39. The highest BCUT2D eigenvalue weighted by Gasteiger charge is 2.17. The SMILES string of the molecule is CC(C)C(=O)c1cccc(F)c1F.O=CC(CC(=O)Nc1ccccc1)c1ccccc1. The van der Waals surface area contributed by atoms with Crippen LogP contribution >= 0.6 is 0 Å². The van der Waals surface area contributed by atoms with Gasteiger partial charge < -0.3 is 10.1 Å². The van der Waals surface area contributed by atoms with Gasteiger partial charge in [-0.1, -0.05) is 68.4 Å². The summed E-state index contributed by atoms with van der Waals surface area (Å²) in [5, 5.41) is 2.78. The Morgan fingerprint density at radius 3 is 2.03 bits per heavy atom. The number of nitrogens with one attached hydrogen (secondary N) is 1. The average molecular weight is 437 g/mol. The van der Waals surface area contributed by atoms with E-state index < -0.39 is 17.6 Å². The van der Waals surface area contributed by atoms with Gasteiger partial charge in [-0.15, -0.1) is 0 Å². The molecule has 1 atom stereocenters. The van der Waals surface area contributed by atoms with Crippen molar-refractivity contribution in [2.75, 3.05) is 5.32 Å². The maximum absolute atomic E-state index is 13.0. The number of ketones is 1. The van der Waals surface area contributed by atoms with Crippen molar-refractivity contribution in [2.24, 2.45) is 5.92 Å². The standard InChI is InChI=1S/C16H15NO2.C10H10F2O/c18-12-14(13-7-3-1-4-8-13)11-16(19)17-15-9-5-2-6-10-15;1-6(2)10(13)7-4-3-5-8(11)9(7)12/h1-10,12,14H,11H2,(H,17,19);3-6H,1-2H3. The van der Waals surface area contributed by atoms with Gasteiger partial charge in [-0.05, 0) is 29.8 Å². The number of anilines is 1. The second kappa shape index (κ2) is 12.2. The zero-order chi connectivity index (χ0) is 23.5. The Morgan fingerprint density at radius 1 is 0.875 bits per heavy atom. The number of Topliss-reactive ketones (excluding diaryl/α,β-unsaturated/α-hetero) is 1. The Labute approximate surface area is 186 Å². The molecule has 3 aromatic rings. The topological polar surface area (TPSA) is 63.2 Å². The van der Waals surface area contributed by atoms with Crippen molar-refractivity contribution in [3.8, 4) is 0 Å². The van der Waals surface area contributed by atoms with Crippen molar-refractivity contribution in [2.45, 2.75) is 26.2 Å². The van der Waals surface area contributed by atoms with Gasteiger partial charge in [-0.25, -0.2) is 8.78 Å². The Bertz CT molecular complexity index is 1040. The molecule has 3 rings (SSSR count). The number of carbonyl (C=O) groups is 3. The molecule has 0 aromatic heterocycles.